The molecule has 0 aliphatic rings. The summed E-state index contributed by atoms with van der Waals surface area (Å²) in [4.78, 5) is 10.3. The molecular formula is C18H30O3. The van der Waals surface area contributed by atoms with Crippen molar-refractivity contribution < 1.29 is 15.0 Å². The Kier molecular flexibility index (Phi) is 14.1. The van der Waals surface area contributed by atoms with Gasteiger partial charge in [0.1, 0.15) is 0 Å². The molecule has 0 bridgehead atoms. The number of aliphatic carboxylic acids is 1. The van der Waals surface area contributed by atoms with E-state index in [-0.39, 0.29) is 6.10 Å². The molecule has 120 valence electrons. The van der Waals surface area contributed by atoms with Gasteiger partial charge in [0.2, 0.25) is 0 Å². The summed E-state index contributed by atoms with van der Waals surface area (Å²) in [6.45, 7) is 1.75. The second kappa shape index (κ2) is 15.0. The van der Waals surface area contributed by atoms with Crippen molar-refractivity contribution in [3.8, 4) is 0 Å². The molecule has 0 saturated carbocycles. The molecule has 1 atom stereocenters. The normalized spacial score (nSPS) is 13.6. The van der Waals surface area contributed by atoms with Crippen molar-refractivity contribution in [1.29, 1.82) is 0 Å². The number of carboxylic acid groups (broad SMARTS) is 1. The van der Waals surface area contributed by atoms with Crippen LogP contribution in [0.3, 0.4) is 0 Å². The first-order valence-corrected chi connectivity index (χ1v) is 7.99. The van der Waals surface area contributed by atoms with Crippen molar-refractivity contribution in [1.82, 2.24) is 0 Å². The van der Waals surface area contributed by atoms with Gasteiger partial charge in [-0.1, -0.05) is 55.7 Å². The van der Waals surface area contributed by atoms with Crippen molar-refractivity contribution in [3.05, 3.63) is 36.5 Å². The number of allylic oxidation sites excluding steroid dienone is 5. The molecule has 21 heavy (non-hydrogen) atoms. The molecule has 0 aliphatic heterocycles. The van der Waals surface area contributed by atoms with Crippen molar-refractivity contribution in [3.63, 3.8) is 0 Å². The molecule has 0 saturated heterocycles. The number of carboxylic acids is 1. The maximum atomic E-state index is 10.3. The largest absolute Gasteiger partial charge is 0.481 e. The third-order valence-electron chi connectivity index (χ3n) is 3.05. The second-order valence-electron chi connectivity index (χ2n) is 5.28. The van der Waals surface area contributed by atoms with E-state index < -0.39 is 5.97 Å². The van der Waals surface area contributed by atoms with E-state index in [1.54, 1.807) is 13.0 Å². The average Bonchev–Trinajstić information content (AvgIpc) is 2.42. The zero-order valence-corrected chi connectivity index (χ0v) is 13.2. The Bertz CT molecular complexity index is 327. The van der Waals surface area contributed by atoms with Crippen molar-refractivity contribution in [2.24, 2.45) is 0 Å². The van der Waals surface area contributed by atoms with Crippen LogP contribution in [0.25, 0.3) is 0 Å². The van der Waals surface area contributed by atoms with Gasteiger partial charge in [0, 0.05) is 6.42 Å². The molecule has 2 N–H and O–H groups in total. The topological polar surface area (TPSA) is 57.5 Å². The molecule has 0 radical (unpaired) electrons. The molecule has 0 spiro atoms. The van der Waals surface area contributed by atoms with Gasteiger partial charge in [0.15, 0.2) is 0 Å². The third-order valence-corrected chi connectivity index (χ3v) is 3.05. The SMILES string of the molecule is C[C@H](O)/C=C\C/C=C\C/C=C\CCCCCCCC(=O)O. The summed E-state index contributed by atoms with van der Waals surface area (Å²) in [5, 5.41) is 17.5. The number of rotatable bonds is 13. The predicted octanol–water partition coefficient (Wildman–Crippen LogP) is 4.63. The Hall–Kier alpha value is -1.35. The summed E-state index contributed by atoms with van der Waals surface area (Å²) >= 11 is 0. The summed E-state index contributed by atoms with van der Waals surface area (Å²) in [5.74, 6) is -0.688. The minimum atomic E-state index is -0.688. The van der Waals surface area contributed by atoms with Crippen molar-refractivity contribution in [2.45, 2.75) is 70.8 Å². The highest BCUT2D eigenvalue weighted by Crippen LogP contribution is 2.07. The van der Waals surface area contributed by atoms with Gasteiger partial charge < -0.3 is 10.2 Å². The zero-order chi connectivity index (χ0) is 15.8. The summed E-state index contributed by atoms with van der Waals surface area (Å²) in [6, 6.07) is 0. The van der Waals surface area contributed by atoms with Crippen molar-refractivity contribution in [2.75, 3.05) is 0 Å². The number of aliphatic hydroxyl groups is 1. The Morgan fingerprint density at radius 3 is 2.14 bits per heavy atom. The van der Waals surface area contributed by atoms with E-state index in [1.807, 2.05) is 6.08 Å². The Morgan fingerprint density at radius 1 is 0.905 bits per heavy atom. The summed E-state index contributed by atoms with van der Waals surface area (Å²) in [5.41, 5.74) is 0. The molecule has 0 heterocycles. The maximum absolute atomic E-state index is 10.3. The van der Waals surface area contributed by atoms with E-state index in [0.717, 1.165) is 38.5 Å². The van der Waals surface area contributed by atoms with Crippen LogP contribution in [0.15, 0.2) is 36.5 Å². The van der Waals surface area contributed by atoms with Gasteiger partial charge >= 0.3 is 5.97 Å². The Balaban J connectivity index is 3.29. The molecule has 3 heteroatoms. The summed E-state index contributed by atoms with van der Waals surface area (Å²) in [6.07, 6.45) is 20.6. The summed E-state index contributed by atoms with van der Waals surface area (Å²) < 4.78 is 0. The molecule has 0 amide bonds. The van der Waals surface area contributed by atoms with Crippen LogP contribution in [-0.2, 0) is 4.79 Å². The first-order valence-electron chi connectivity index (χ1n) is 7.99. The lowest BCUT2D eigenvalue weighted by molar-refractivity contribution is -0.137. The fraction of sp³-hybridized carbons (Fsp3) is 0.611. The predicted molar refractivity (Wildman–Crippen MR) is 88.3 cm³/mol. The monoisotopic (exact) mass is 294 g/mol. The van der Waals surface area contributed by atoms with E-state index in [0.29, 0.717) is 6.42 Å². The molecule has 0 aliphatic carbocycles. The Morgan fingerprint density at radius 2 is 1.48 bits per heavy atom. The van der Waals surface area contributed by atoms with Gasteiger partial charge in [0.25, 0.3) is 0 Å². The van der Waals surface area contributed by atoms with E-state index in [2.05, 4.69) is 24.3 Å². The molecule has 0 aromatic carbocycles. The van der Waals surface area contributed by atoms with Crippen LogP contribution in [0.4, 0.5) is 0 Å². The van der Waals surface area contributed by atoms with Crippen LogP contribution >= 0.6 is 0 Å². The minimum absolute atomic E-state index is 0.304. The lowest BCUT2D eigenvalue weighted by atomic mass is 10.1. The fourth-order valence-corrected chi connectivity index (χ4v) is 1.91. The van der Waals surface area contributed by atoms with E-state index in [9.17, 15) is 4.79 Å². The molecule has 0 unspecified atom stereocenters. The van der Waals surface area contributed by atoms with Gasteiger partial charge in [-0.2, -0.15) is 0 Å². The zero-order valence-electron chi connectivity index (χ0n) is 13.2. The van der Waals surface area contributed by atoms with Gasteiger partial charge in [0.05, 0.1) is 6.10 Å². The quantitative estimate of drug-likeness (QED) is 0.384. The number of unbranched alkanes of at least 4 members (excludes halogenated alkanes) is 5. The molecule has 0 aromatic heterocycles. The number of carbonyl (C=O) groups is 1. The van der Waals surface area contributed by atoms with E-state index >= 15 is 0 Å². The molecule has 0 fully saturated rings. The van der Waals surface area contributed by atoms with E-state index in [4.69, 9.17) is 10.2 Å². The first-order chi connectivity index (χ1) is 10.1. The van der Waals surface area contributed by atoms with Gasteiger partial charge in [-0.3, -0.25) is 4.79 Å². The molecule has 0 aromatic rings. The van der Waals surface area contributed by atoms with Crippen LogP contribution in [0.2, 0.25) is 0 Å². The summed E-state index contributed by atoms with van der Waals surface area (Å²) in [7, 11) is 0. The lowest BCUT2D eigenvalue weighted by Gasteiger charge is -1.98. The fourth-order valence-electron chi connectivity index (χ4n) is 1.91. The van der Waals surface area contributed by atoms with Crippen LogP contribution < -0.4 is 0 Å². The van der Waals surface area contributed by atoms with E-state index in [1.165, 1.54) is 12.8 Å². The van der Waals surface area contributed by atoms with Gasteiger partial charge in [-0.05, 0) is 39.0 Å². The highest BCUT2D eigenvalue weighted by atomic mass is 16.4. The minimum Gasteiger partial charge on any atom is -0.481 e. The molecule has 3 nitrogen and oxygen atoms in total. The highest BCUT2D eigenvalue weighted by molar-refractivity contribution is 5.66. The van der Waals surface area contributed by atoms with Crippen LogP contribution in [0.5, 0.6) is 0 Å². The second-order valence-corrected chi connectivity index (χ2v) is 5.28. The average molecular weight is 294 g/mol. The number of hydrogen-bond donors (Lipinski definition) is 2. The van der Waals surface area contributed by atoms with Crippen LogP contribution in [0, 0.1) is 0 Å². The Labute approximate surface area is 129 Å². The number of aliphatic hydroxyl groups excluding tert-OH is 1. The van der Waals surface area contributed by atoms with Crippen LogP contribution in [0.1, 0.15) is 64.7 Å². The lowest BCUT2D eigenvalue weighted by Crippen LogP contribution is -1.93. The van der Waals surface area contributed by atoms with Gasteiger partial charge in [-0.25, -0.2) is 0 Å². The third kappa shape index (κ3) is 18.6. The highest BCUT2D eigenvalue weighted by Gasteiger charge is 1.95. The maximum Gasteiger partial charge on any atom is 0.303 e. The molecule has 0 rings (SSSR count). The smallest absolute Gasteiger partial charge is 0.303 e. The van der Waals surface area contributed by atoms with Gasteiger partial charge in [-0.15, -0.1) is 0 Å². The molecular weight excluding hydrogens is 264 g/mol. The standard InChI is InChI=1S/C18H30O3/c1-17(19)15-13-11-9-7-5-3-2-4-6-8-10-12-14-16-18(20)21/h2-3,7,9,13,15,17,19H,4-6,8,10-12,14,16H2,1H3,(H,20,21)/b3-2-,9-7-,15-13-/t17-/m0/s1. The number of hydrogen-bond acceptors (Lipinski definition) is 2. The van der Waals surface area contributed by atoms with Crippen molar-refractivity contribution >= 4 is 5.97 Å². The van der Waals surface area contributed by atoms with Crippen LogP contribution in [-0.4, -0.2) is 22.3 Å². The first kappa shape index (κ1) is 19.7.